The average Bonchev–Trinajstić information content (AvgIpc) is 2.76. The molecule has 1 amide bonds. The predicted molar refractivity (Wildman–Crippen MR) is 64.5 cm³/mol. The molecule has 2 aromatic rings. The molecular weight excluding hydrogens is 275 g/mol. The number of carbonyl (C=O) groups excluding carboxylic acids is 1. The summed E-state index contributed by atoms with van der Waals surface area (Å²) in [6, 6.07) is 6.84. The number of benzene rings is 1. The van der Waals surface area contributed by atoms with Gasteiger partial charge in [-0.1, -0.05) is 12.1 Å². The number of nitrogens with one attached hydrogen (secondary N) is 1. The quantitative estimate of drug-likeness (QED) is 0.934. The molecule has 0 spiro atoms. The van der Waals surface area contributed by atoms with Crippen LogP contribution in [0.3, 0.4) is 0 Å². The molecule has 0 bridgehead atoms. The first-order valence-corrected chi connectivity index (χ1v) is 5.57. The van der Waals surface area contributed by atoms with Crippen molar-refractivity contribution in [2.75, 3.05) is 5.32 Å². The van der Waals surface area contributed by atoms with Crippen molar-refractivity contribution in [1.29, 1.82) is 0 Å². The zero-order valence-corrected chi connectivity index (χ0v) is 10.3. The van der Waals surface area contributed by atoms with E-state index in [4.69, 9.17) is 4.42 Å². The van der Waals surface area contributed by atoms with Crippen molar-refractivity contribution in [3.8, 4) is 5.75 Å². The third-order valence-electron chi connectivity index (χ3n) is 2.43. The highest BCUT2D eigenvalue weighted by molar-refractivity contribution is 6.03. The third-order valence-corrected chi connectivity index (χ3v) is 2.43. The van der Waals surface area contributed by atoms with Crippen LogP contribution in [0.25, 0.3) is 0 Å². The molecule has 0 aliphatic rings. The maximum Gasteiger partial charge on any atom is 0.573 e. The summed E-state index contributed by atoms with van der Waals surface area (Å²) >= 11 is 0. The van der Waals surface area contributed by atoms with Gasteiger partial charge in [0.25, 0.3) is 5.91 Å². The van der Waals surface area contributed by atoms with Crippen molar-refractivity contribution < 1.29 is 27.1 Å². The lowest BCUT2D eigenvalue weighted by Gasteiger charge is -2.13. The molecule has 0 radical (unpaired) electrons. The Kier molecular flexibility index (Phi) is 3.69. The van der Waals surface area contributed by atoms with E-state index >= 15 is 0 Å². The minimum Gasteiger partial charge on any atom is -0.459 e. The standard InChI is InChI=1S/C13H10F3NO3/c1-8-6-7-19-11(8)12(18)17-9-4-2-3-5-10(9)20-13(14,15)16/h2-7H,1H3,(H,17,18). The van der Waals surface area contributed by atoms with Gasteiger partial charge in [-0.05, 0) is 25.1 Å². The van der Waals surface area contributed by atoms with Crippen molar-refractivity contribution in [2.45, 2.75) is 13.3 Å². The van der Waals surface area contributed by atoms with Gasteiger partial charge in [-0.2, -0.15) is 0 Å². The van der Waals surface area contributed by atoms with Gasteiger partial charge in [-0.3, -0.25) is 4.79 Å². The second-order valence-corrected chi connectivity index (χ2v) is 3.93. The molecule has 0 saturated carbocycles. The predicted octanol–water partition coefficient (Wildman–Crippen LogP) is 3.74. The van der Waals surface area contributed by atoms with E-state index in [-0.39, 0.29) is 11.4 Å². The normalized spacial score (nSPS) is 11.2. The summed E-state index contributed by atoms with van der Waals surface area (Å²) in [7, 11) is 0. The Morgan fingerprint density at radius 2 is 1.95 bits per heavy atom. The Balaban J connectivity index is 2.22. The number of aryl methyl sites for hydroxylation is 1. The van der Waals surface area contributed by atoms with Crippen LogP contribution in [0.4, 0.5) is 18.9 Å². The summed E-state index contributed by atoms with van der Waals surface area (Å²) in [6.07, 6.45) is -3.51. The minimum atomic E-state index is -4.83. The lowest BCUT2D eigenvalue weighted by Crippen LogP contribution is -2.19. The Morgan fingerprint density at radius 1 is 1.25 bits per heavy atom. The highest BCUT2D eigenvalue weighted by Crippen LogP contribution is 2.30. The molecule has 106 valence electrons. The van der Waals surface area contributed by atoms with Crippen LogP contribution < -0.4 is 10.1 Å². The van der Waals surface area contributed by atoms with Gasteiger partial charge in [0.05, 0.1) is 12.0 Å². The average molecular weight is 285 g/mol. The van der Waals surface area contributed by atoms with E-state index in [1.165, 1.54) is 24.5 Å². The number of anilines is 1. The van der Waals surface area contributed by atoms with Crippen LogP contribution in [0, 0.1) is 6.92 Å². The Morgan fingerprint density at radius 3 is 2.55 bits per heavy atom. The SMILES string of the molecule is Cc1ccoc1C(=O)Nc1ccccc1OC(F)(F)F. The lowest BCUT2D eigenvalue weighted by atomic mass is 10.2. The fourth-order valence-corrected chi connectivity index (χ4v) is 1.57. The fraction of sp³-hybridized carbons (Fsp3) is 0.154. The second-order valence-electron chi connectivity index (χ2n) is 3.93. The van der Waals surface area contributed by atoms with E-state index in [0.717, 1.165) is 6.07 Å². The Bertz CT molecular complexity index is 619. The van der Waals surface area contributed by atoms with Crippen LogP contribution in [0.2, 0.25) is 0 Å². The van der Waals surface area contributed by atoms with Gasteiger partial charge < -0.3 is 14.5 Å². The summed E-state index contributed by atoms with van der Waals surface area (Å²) < 4.78 is 45.5. The topological polar surface area (TPSA) is 51.5 Å². The number of amides is 1. The van der Waals surface area contributed by atoms with E-state index in [1.807, 2.05) is 0 Å². The van der Waals surface area contributed by atoms with E-state index in [2.05, 4.69) is 10.1 Å². The number of ether oxygens (including phenoxy) is 1. The van der Waals surface area contributed by atoms with Crippen molar-refractivity contribution >= 4 is 11.6 Å². The number of halogens is 3. The number of furan rings is 1. The summed E-state index contributed by atoms with van der Waals surface area (Å²) in [6.45, 7) is 1.65. The molecule has 20 heavy (non-hydrogen) atoms. The third kappa shape index (κ3) is 3.31. The molecule has 1 N–H and O–H groups in total. The number of alkyl halides is 3. The molecule has 1 aromatic carbocycles. The molecule has 0 unspecified atom stereocenters. The van der Waals surface area contributed by atoms with Crippen LogP contribution in [0.5, 0.6) is 5.75 Å². The number of para-hydroxylation sites is 2. The maximum atomic E-state index is 12.2. The monoisotopic (exact) mass is 285 g/mol. The zero-order chi connectivity index (χ0) is 14.8. The first-order valence-electron chi connectivity index (χ1n) is 5.57. The largest absolute Gasteiger partial charge is 0.573 e. The first kappa shape index (κ1) is 14.0. The molecule has 0 fully saturated rings. The summed E-state index contributed by atoms with van der Waals surface area (Å²) in [4.78, 5) is 11.9. The smallest absolute Gasteiger partial charge is 0.459 e. The Labute approximate surface area is 112 Å². The van der Waals surface area contributed by atoms with Crippen molar-refractivity contribution in [2.24, 2.45) is 0 Å². The van der Waals surface area contributed by atoms with Gasteiger partial charge in [-0.15, -0.1) is 13.2 Å². The van der Waals surface area contributed by atoms with E-state index in [1.54, 1.807) is 13.0 Å². The molecule has 2 rings (SSSR count). The highest BCUT2D eigenvalue weighted by atomic mass is 19.4. The number of hydrogen-bond acceptors (Lipinski definition) is 3. The number of hydrogen-bond donors (Lipinski definition) is 1. The minimum absolute atomic E-state index is 0.0341. The summed E-state index contributed by atoms with van der Waals surface area (Å²) in [5.74, 6) is -1.10. The van der Waals surface area contributed by atoms with Crippen LogP contribution in [-0.2, 0) is 0 Å². The summed E-state index contributed by atoms with van der Waals surface area (Å²) in [5.41, 5.74) is 0.488. The molecule has 4 nitrogen and oxygen atoms in total. The van der Waals surface area contributed by atoms with Crippen LogP contribution >= 0.6 is 0 Å². The van der Waals surface area contributed by atoms with Gasteiger partial charge >= 0.3 is 6.36 Å². The van der Waals surface area contributed by atoms with Crippen LogP contribution in [-0.4, -0.2) is 12.3 Å². The van der Waals surface area contributed by atoms with Crippen molar-refractivity contribution in [1.82, 2.24) is 0 Å². The molecular formula is C13H10F3NO3. The van der Waals surface area contributed by atoms with E-state index in [0.29, 0.717) is 5.56 Å². The zero-order valence-electron chi connectivity index (χ0n) is 10.3. The van der Waals surface area contributed by atoms with E-state index in [9.17, 15) is 18.0 Å². The highest BCUT2D eigenvalue weighted by Gasteiger charge is 2.32. The molecule has 0 aliphatic carbocycles. The van der Waals surface area contributed by atoms with Gasteiger partial charge in [0.1, 0.15) is 0 Å². The van der Waals surface area contributed by atoms with Crippen molar-refractivity contribution in [3.63, 3.8) is 0 Å². The first-order chi connectivity index (χ1) is 9.37. The van der Waals surface area contributed by atoms with Gasteiger partial charge in [0.2, 0.25) is 0 Å². The van der Waals surface area contributed by atoms with E-state index < -0.39 is 18.0 Å². The van der Waals surface area contributed by atoms with Crippen LogP contribution in [0.1, 0.15) is 16.1 Å². The molecule has 0 atom stereocenters. The molecule has 1 heterocycles. The summed E-state index contributed by atoms with van der Waals surface area (Å²) in [5, 5.41) is 2.32. The van der Waals surface area contributed by atoms with Gasteiger partial charge in [0, 0.05) is 5.56 Å². The second kappa shape index (κ2) is 5.28. The van der Waals surface area contributed by atoms with Gasteiger partial charge in [0.15, 0.2) is 11.5 Å². The maximum absolute atomic E-state index is 12.2. The van der Waals surface area contributed by atoms with Gasteiger partial charge in [-0.25, -0.2) is 0 Å². The molecule has 1 aromatic heterocycles. The number of rotatable bonds is 3. The number of carbonyl (C=O) groups is 1. The Hall–Kier alpha value is -2.44. The molecule has 0 saturated heterocycles. The fourth-order valence-electron chi connectivity index (χ4n) is 1.57. The molecule has 7 heteroatoms. The lowest BCUT2D eigenvalue weighted by molar-refractivity contribution is -0.274. The van der Waals surface area contributed by atoms with Crippen molar-refractivity contribution in [3.05, 3.63) is 47.9 Å². The van der Waals surface area contributed by atoms with Crippen LogP contribution in [0.15, 0.2) is 41.0 Å². The molecule has 0 aliphatic heterocycles.